The molecule has 88 valence electrons. The number of nitrogens with zero attached hydrogens (tertiary/aromatic N) is 1. The second-order valence-corrected chi connectivity index (χ2v) is 3.44. The van der Waals surface area contributed by atoms with Crippen molar-refractivity contribution in [2.75, 3.05) is 18.4 Å². The molecule has 1 aromatic carbocycles. The van der Waals surface area contributed by atoms with Gasteiger partial charge in [0, 0.05) is 6.54 Å². The minimum absolute atomic E-state index is 0.250. The van der Waals surface area contributed by atoms with E-state index in [-0.39, 0.29) is 5.69 Å². The highest BCUT2D eigenvalue weighted by Gasteiger charge is 2.16. The molecule has 0 spiro atoms. The first kappa shape index (κ1) is 12.4. The number of nitrogens with two attached hydrogens (primary N) is 1. The number of hydrogen-bond donors (Lipinski definition) is 2. The Balaban J connectivity index is 2.95. The topological polar surface area (TPSA) is 81.2 Å². The highest BCUT2D eigenvalue weighted by Crippen LogP contribution is 2.27. The van der Waals surface area contributed by atoms with Gasteiger partial charge in [-0.15, -0.1) is 0 Å². The third-order valence-electron chi connectivity index (χ3n) is 2.17. The fraction of sp³-hybridized carbons (Fsp3) is 0.400. The predicted octanol–water partition coefficient (Wildman–Crippen LogP) is 1.80. The zero-order valence-corrected chi connectivity index (χ0v) is 9.00. The lowest BCUT2D eigenvalue weighted by Gasteiger charge is -2.07. The van der Waals surface area contributed by atoms with Crippen LogP contribution in [0.4, 0.5) is 15.8 Å². The van der Waals surface area contributed by atoms with E-state index in [1.54, 1.807) is 6.92 Å². The van der Waals surface area contributed by atoms with E-state index in [0.29, 0.717) is 30.8 Å². The van der Waals surface area contributed by atoms with Gasteiger partial charge in [-0.25, -0.2) is 4.39 Å². The lowest BCUT2D eigenvalue weighted by atomic mass is 10.1. The van der Waals surface area contributed by atoms with Gasteiger partial charge in [-0.1, -0.05) is 0 Å². The fourth-order valence-corrected chi connectivity index (χ4v) is 1.29. The molecule has 1 aromatic rings. The molecule has 0 fully saturated rings. The monoisotopic (exact) mass is 227 g/mol. The average Bonchev–Trinajstić information content (AvgIpc) is 2.23. The molecule has 0 unspecified atom stereocenters. The van der Waals surface area contributed by atoms with Crippen molar-refractivity contribution >= 4 is 11.4 Å². The van der Waals surface area contributed by atoms with Gasteiger partial charge in [-0.05, 0) is 31.5 Å². The van der Waals surface area contributed by atoms with Gasteiger partial charge in [0.2, 0.25) is 0 Å². The number of nitro groups is 1. The number of benzene rings is 1. The number of hydrogen-bond acceptors (Lipinski definition) is 4. The Morgan fingerprint density at radius 1 is 1.56 bits per heavy atom. The number of aryl methyl sites for hydroxylation is 1. The molecule has 0 radical (unpaired) electrons. The van der Waals surface area contributed by atoms with E-state index in [0.717, 1.165) is 6.07 Å². The molecule has 0 aliphatic rings. The second kappa shape index (κ2) is 5.41. The van der Waals surface area contributed by atoms with Gasteiger partial charge in [0.05, 0.1) is 11.0 Å². The van der Waals surface area contributed by atoms with Gasteiger partial charge in [0.1, 0.15) is 11.5 Å². The molecule has 3 N–H and O–H groups in total. The van der Waals surface area contributed by atoms with Gasteiger partial charge in [-0.3, -0.25) is 10.1 Å². The molecule has 6 heteroatoms. The smallest absolute Gasteiger partial charge is 0.295 e. The minimum atomic E-state index is -0.604. The van der Waals surface area contributed by atoms with Gasteiger partial charge in [0.15, 0.2) is 0 Å². The van der Waals surface area contributed by atoms with Gasteiger partial charge in [0.25, 0.3) is 5.69 Å². The molecule has 0 aromatic heterocycles. The number of halogens is 1. The van der Waals surface area contributed by atoms with Crippen molar-refractivity contribution in [3.05, 3.63) is 33.6 Å². The Bertz CT molecular complexity index is 396. The summed E-state index contributed by atoms with van der Waals surface area (Å²) in [4.78, 5) is 10.1. The van der Waals surface area contributed by atoms with Crippen LogP contribution in [0.5, 0.6) is 0 Å². The molecule has 0 saturated heterocycles. The van der Waals surface area contributed by atoms with Crippen LogP contribution in [0.15, 0.2) is 12.1 Å². The highest BCUT2D eigenvalue weighted by molar-refractivity contribution is 5.63. The summed E-state index contributed by atoms with van der Waals surface area (Å²) in [7, 11) is 0. The Morgan fingerprint density at radius 2 is 2.25 bits per heavy atom. The van der Waals surface area contributed by atoms with Crippen LogP contribution in [0.2, 0.25) is 0 Å². The summed E-state index contributed by atoms with van der Waals surface area (Å²) >= 11 is 0. The van der Waals surface area contributed by atoms with Crippen molar-refractivity contribution in [3.63, 3.8) is 0 Å². The van der Waals surface area contributed by atoms with E-state index >= 15 is 0 Å². The van der Waals surface area contributed by atoms with E-state index in [1.165, 1.54) is 6.07 Å². The maximum atomic E-state index is 13.2. The first-order valence-electron chi connectivity index (χ1n) is 4.94. The van der Waals surface area contributed by atoms with Gasteiger partial charge < -0.3 is 11.1 Å². The number of anilines is 1. The third kappa shape index (κ3) is 2.90. The third-order valence-corrected chi connectivity index (χ3v) is 2.17. The second-order valence-electron chi connectivity index (χ2n) is 3.44. The van der Waals surface area contributed by atoms with E-state index in [1.807, 2.05) is 0 Å². The standard InChI is InChI=1S/C10H14FN3O2/c1-7-5-9(13-4-2-3-12)10(14(15)16)6-8(7)11/h5-6,13H,2-4,12H2,1H3. The summed E-state index contributed by atoms with van der Waals surface area (Å²) in [6, 6.07) is 2.37. The van der Waals surface area contributed by atoms with E-state index in [9.17, 15) is 14.5 Å². The molecule has 1 rings (SSSR count). The molecule has 0 atom stereocenters. The number of rotatable bonds is 5. The Labute approximate surface area is 92.6 Å². The zero-order valence-electron chi connectivity index (χ0n) is 9.00. The molecule has 5 nitrogen and oxygen atoms in total. The molecule has 0 aliphatic heterocycles. The summed E-state index contributed by atoms with van der Waals surface area (Å²) in [5.41, 5.74) is 5.77. The van der Waals surface area contributed by atoms with Crippen molar-refractivity contribution < 1.29 is 9.31 Å². The molecule has 0 heterocycles. The molecule has 0 bridgehead atoms. The van der Waals surface area contributed by atoms with Crippen LogP contribution in [0.1, 0.15) is 12.0 Å². The first-order valence-corrected chi connectivity index (χ1v) is 4.94. The van der Waals surface area contributed by atoms with Crippen LogP contribution in [-0.2, 0) is 0 Å². The lowest BCUT2D eigenvalue weighted by molar-refractivity contribution is -0.384. The Kier molecular flexibility index (Phi) is 4.19. The zero-order chi connectivity index (χ0) is 12.1. The number of nitro benzene ring substituents is 1. The molecule has 0 saturated carbocycles. The van der Waals surface area contributed by atoms with Crippen molar-refractivity contribution in [2.45, 2.75) is 13.3 Å². The van der Waals surface area contributed by atoms with Gasteiger partial charge >= 0.3 is 0 Å². The maximum absolute atomic E-state index is 13.2. The fourth-order valence-electron chi connectivity index (χ4n) is 1.29. The molecule has 0 aliphatic carbocycles. The maximum Gasteiger partial charge on any atom is 0.295 e. The average molecular weight is 227 g/mol. The summed E-state index contributed by atoms with van der Waals surface area (Å²) in [6.45, 7) is 2.59. The van der Waals surface area contributed by atoms with Gasteiger partial charge in [-0.2, -0.15) is 0 Å². The van der Waals surface area contributed by atoms with Crippen molar-refractivity contribution in [1.29, 1.82) is 0 Å². The highest BCUT2D eigenvalue weighted by atomic mass is 19.1. The van der Waals surface area contributed by atoms with E-state index < -0.39 is 10.7 Å². The van der Waals surface area contributed by atoms with Crippen LogP contribution in [0.3, 0.4) is 0 Å². The Morgan fingerprint density at radius 3 is 2.81 bits per heavy atom. The lowest BCUT2D eigenvalue weighted by Crippen LogP contribution is -2.10. The van der Waals surface area contributed by atoms with Crippen molar-refractivity contribution in [1.82, 2.24) is 0 Å². The quantitative estimate of drug-likeness (QED) is 0.456. The normalized spacial score (nSPS) is 10.2. The minimum Gasteiger partial charge on any atom is -0.379 e. The van der Waals surface area contributed by atoms with E-state index in [4.69, 9.17) is 5.73 Å². The van der Waals surface area contributed by atoms with Crippen LogP contribution in [0, 0.1) is 22.9 Å². The molecular formula is C10H14FN3O2. The SMILES string of the molecule is Cc1cc(NCCCN)c([N+](=O)[O-])cc1F. The van der Waals surface area contributed by atoms with Crippen LogP contribution in [-0.4, -0.2) is 18.0 Å². The molecule has 16 heavy (non-hydrogen) atoms. The van der Waals surface area contributed by atoms with Crippen LogP contribution in [0.25, 0.3) is 0 Å². The summed E-state index contributed by atoms with van der Waals surface area (Å²) in [6.07, 6.45) is 0.702. The first-order chi connectivity index (χ1) is 7.56. The summed E-state index contributed by atoms with van der Waals surface area (Å²) in [5, 5.41) is 13.6. The largest absolute Gasteiger partial charge is 0.379 e. The number of nitrogens with one attached hydrogen (secondary N) is 1. The van der Waals surface area contributed by atoms with Crippen molar-refractivity contribution in [2.24, 2.45) is 5.73 Å². The van der Waals surface area contributed by atoms with Crippen LogP contribution < -0.4 is 11.1 Å². The summed E-state index contributed by atoms with van der Waals surface area (Å²) in [5.74, 6) is -0.573. The molecule has 0 amide bonds. The predicted molar refractivity (Wildman–Crippen MR) is 60.0 cm³/mol. The summed E-state index contributed by atoms with van der Waals surface area (Å²) < 4.78 is 13.2. The van der Waals surface area contributed by atoms with E-state index in [2.05, 4.69) is 5.32 Å². The molecular weight excluding hydrogens is 213 g/mol. The van der Waals surface area contributed by atoms with Crippen molar-refractivity contribution in [3.8, 4) is 0 Å². The van der Waals surface area contributed by atoms with Crippen LogP contribution >= 0.6 is 0 Å². The Hall–Kier alpha value is -1.69.